The number of hydrogen-bond donors (Lipinski definition) is 1. The highest BCUT2D eigenvalue weighted by Gasteiger charge is 2.17. The highest BCUT2D eigenvalue weighted by Crippen LogP contribution is 2.36. The van der Waals surface area contributed by atoms with E-state index in [1.54, 1.807) is 12.4 Å². The molecule has 1 aliphatic heterocycles. The second-order valence-electron chi connectivity index (χ2n) is 9.18. The molecule has 0 saturated carbocycles. The Balaban J connectivity index is 1.35. The van der Waals surface area contributed by atoms with E-state index in [1.165, 1.54) is 5.56 Å². The number of halogens is 3. The van der Waals surface area contributed by atoms with Crippen LogP contribution in [-0.4, -0.2) is 33.8 Å². The molecule has 0 aliphatic carbocycles. The monoisotopic (exact) mass is 680 g/mol. The van der Waals surface area contributed by atoms with Gasteiger partial charge in [-0.05, 0) is 77.2 Å². The fourth-order valence-electron chi connectivity index (χ4n) is 4.60. The lowest BCUT2D eigenvalue weighted by Gasteiger charge is -2.23. The zero-order valence-electron chi connectivity index (χ0n) is 20.8. The van der Waals surface area contributed by atoms with Gasteiger partial charge in [-0.1, -0.05) is 53.5 Å². The van der Waals surface area contributed by atoms with Gasteiger partial charge in [-0.3, -0.25) is 4.98 Å². The lowest BCUT2D eigenvalue weighted by Crippen LogP contribution is -2.34. The maximum Gasteiger partial charge on any atom is 0.124 e. The highest BCUT2D eigenvalue weighted by molar-refractivity contribution is 14.2. The van der Waals surface area contributed by atoms with Crippen molar-refractivity contribution in [3.05, 3.63) is 87.3 Å². The fourth-order valence-corrected chi connectivity index (χ4v) is 6.81. The van der Waals surface area contributed by atoms with Crippen LogP contribution in [0.2, 0.25) is 10.0 Å². The minimum atomic E-state index is -0.339. The third-order valence-electron chi connectivity index (χ3n) is 6.57. The maximum atomic E-state index is 6.34. The molecule has 4 aromatic rings. The van der Waals surface area contributed by atoms with Crippen LogP contribution in [-0.2, 0) is 11.3 Å². The van der Waals surface area contributed by atoms with Crippen molar-refractivity contribution in [2.75, 3.05) is 13.2 Å². The van der Waals surface area contributed by atoms with Crippen molar-refractivity contribution < 1.29 is 9.47 Å². The van der Waals surface area contributed by atoms with Gasteiger partial charge in [0.1, 0.15) is 11.9 Å². The number of hydrogen-bond acceptors (Lipinski definition) is 5. The maximum absolute atomic E-state index is 6.34. The lowest BCUT2D eigenvalue weighted by atomic mass is 10.1. The molecule has 0 spiro atoms. The number of nitrogens with one attached hydrogen (secondary N) is 1. The molecule has 1 N–H and O–H groups in total. The van der Waals surface area contributed by atoms with Gasteiger partial charge in [0.15, 0.2) is 0 Å². The largest absolute Gasteiger partial charge is 0.486 e. The molecule has 5 rings (SSSR count). The van der Waals surface area contributed by atoms with Gasteiger partial charge >= 0.3 is 0 Å². The summed E-state index contributed by atoms with van der Waals surface area (Å²) in [6, 6.07) is 15.2. The van der Waals surface area contributed by atoms with Gasteiger partial charge in [0.05, 0.1) is 27.6 Å². The first-order valence-electron chi connectivity index (χ1n) is 12.4. The van der Waals surface area contributed by atoms with Crippen LogP contribution < -0.4 is 10.1 Å². The molecule has 0 bridgehead atoms. The average Bonchev–Trinajstić information content (AvgIpc) is 3.28. The molecule has 1 unspecified atom stereocenters. The molecule has 3 heterocycles. The summed E-state index contributed by atoms with van der Waals surface area (Å²) >= 11 is 15.0. The molecule has 1 aliphatic rings. The summed E-state index contributed by atoms with van der Waals surface area (Å²) in [4.78, 5) is 4.03. The van der Waals surface area contributed by atoms with E-state index < -0.39 is 0 Å². The molecule has 2 aromatic carbocycles. The van der Waals surface area contributed by atoms with Crippen LogP contribution >= 0.6 is 51.6 Å². The van der Waals surface area contributed by atoms with E-state index in [-0.39, 0.29) is 6.10 Å². The zero-order valence-corrected chi connectivity index (χ0v) is 25.5. The molecule has 6 nitrogen and oxygen atoms in total. The van der Waals surface area contributed by atoms with Gasteiger partial charge in [0.2, 0.25) is 0 Å². The van der Waals surface area contributed by atoms with Crippen LogP contribution in [0.3, 0.4) is 0 Å². The molecule has 0 radical (unpaired) electrons. The summed E-state index contributed by atoms with van der Waals surface area (Å²) in [7, 11) is 0. The number of aromatic nitrogens is 3. The standard InChI is InChI=1S/C28H28Cl2IN4O2P/c1-18(28-24(29)16-32-17-25(28)30)37-22-6-8-27-23(14-22)26(34-35(27)38-31)7-5-19-3-2-4-20(13-19)15-33-21-9-11-36-12-10-21/h2-8,13-14,16-18,21,33,38H,9-12,15H2,1H3/b7-5+/t18-/m1/s1. The fraction of sp³-hybridized carbons (Fsp3) is 0.286. The number of ether oxygens (including phenoxy) is 2. The Kier molecular flexibility index (Phi) is 9.57. The van der Waals surface area contributed by atoms with E-state index in [0.29, 0.717) is 22.5 Å². The van der Waals surface area contributed by atoms with Crippen molar-refractivity contribution >= 4 is 74.7 Å². The van der Waals surface area contributed by atoms with Gasteiger partial charge in [-0.2, -0.15) is 5.10 Å². The van der Waals surface area contributed by atoms with Gasteiger partial charge in [-0.25, -0.2) is 4.45 Å². The Morgan fingerprint density at radius 3 is 2.71 bits per heavy atom. The number of fused-ring (bicyclic) bond motifs is 1. The van der Waals surface area contributed by atoms with Gasteiger partial charge in [0, 0.05) is 49.1 Å². The molecule has 2 atom stereocenters. The first-order chi connectivity index (χ1) is 18.5. The molecule has 2 aromatic heterocycles. The van der Waals surface area contributed by atoms with Crippen LogP contribution in [0.1, 0.15) is 48.3 Å². The third-order valence-corrected chi connectivity index (χ3v) is 9.04. The summed E-state index contributed by atoms with van der Waals surface area (Å²) in [5, 5.41) is 10.5. The Morgan fingerprint density at radius 1 is 1.16 bits per heavy atom. The SMILES string of the molecule is C[C@@H](Oc1ccc2c(c1)c(/C=C/c1cccc(CNC3CCOCC3)c1)nn2PI)c1c(Cl)cncc1Cl. The second-order valence-corrected chi connectivity index (χ2v) is 12.0. The molecule has 1 saturated heterocycles. The third kappa shape index (κ3) is 6.69. The summed E-state index contributed by atoms with van der Waals surface area (Å²) in [5.74, 6) is 0.723. The molecular formula is C28H28Cl2IN4O2P. The molecule has 38 heavy (non-hydrogen) atoms. The van der Waals surface area contributed by atoms with E-state index in [0.717, 1.165) is 66.1 Å². The van der Waals surface area contributed by atoms with Crippen LogP contribution in [0, 0.1) is 0 Å². The summed E-state index contributed by atoms with van der Waals surface area (Å²) in [5.41, 5.74) is 5.08. The number of benzene rings is 2. The normalized spacial score (nSPS) is 15.7. The Bertz CT molecular complexity index is 1420. The van der Waals surface area contributed by atoms with Crippen molar-refractivity contribution in [1.29, 1.82) is 0 Å². The molecular weight excluding hydrogens is 653 g/mol. The minimum Gasteiger partial charge on any atom is -0.486 e. The van der Waals surface area contributed by atoms with E-state index in [9.17, 15) is 0 Å². The van der Waals surface area contributed by atoms with Crippen LogP contribution in [0.25, 0.3) is 23.1 Å². The van der Waals surface area contributed by atoms with Crippen LogP contribution in [0.4, 0.5) is 0 Å². The van der Waals surface area contributed by atoms with E-state index in [2.05, 4.69) is 68.8 Å². The second kappa shape index (κ2) is 13.1. The zero-order chi connectivity index (χ0) is 26.5. The predicted molar refractivity (Wildman–Crippen MR) is 167 cm³/mol. The highest BCUT2D eigenvalue weighted by atomic mass is 127. The molecule has 0 amide bonds. The van der Waals surface area contributed by atoms with Crippen molar-refractivity contribution in [2.45, 2.75) is 38.5 Å². The van der Waals surface area contributed by atoms with Crippen molar-refractivity contribution in [3.63, 3.8) is 0 Å². The Morgan fingerprint density at radius 2 is 1.95 bits per heavy atom. The topological polar surface area (TPSA) is 61.2 Å². The smallest absolute Gasteiger partial charge is 0.124 e. The Hall–Kier alpha value is -1.74. The Labute approximate surface area is 247 Å². The summed E-state index contributed by atoms with van der Waals surface area (Å²) in [6.45, 7) is 4.47. The average molecular weight is 681 g/mol. The van der Waals surface area contributed by atoms with E-state index in [1.807, 2.05) is 29.6 Å². The number of nitrogens with zero attached hydrogens (tertiary/aromatic N) is 3. The summed E-state index contributed by atoms with van der Waals surface area (Å²) < 4.78 is 13.7. The van der Waals surface area contributed by atoms with Crippen LogP contribution in [0.15, 0.2) is 54.9 Å². The van der Waals surface area contributed by atoms with Gasteiger partial charge in [-0.15, -0.1) is 0 Å². The molecule has 1 fully saturated rings. The first kappa shape index (κ1) is 27.8. The van der Waals surface area contributed by atoms with Crippen molar-refractivity contribution in [1.82, 2.24) is 19.9 Å². The van der Waals surface area contributed by atoms with E-state index >= 15 is 0 Å². The summed E-state index contributed by atoms with van der Waals surface area (Å²) in [6.07, 6.45) is 9.63. The lowest BCUT2D eigenvalue weighted by molar-refractivity contribution is 0.0776. The minimum absolute atomic E-state index is 0.339. The van der Waals surface area contributed by atoms with E-state index in [4.69, 9.17) is 37.8 Å². The molecule has 198 valence electrons. The quantitative estimate of drug-likeness (QED) is 0.143. The van der Waals surface area contributed by atoms with Crippen molar-refractivity contribution in [2.24, 2.45) is 0 Å². The predicted octanol–water partition coefficient (Wildman–Crippen LogP) is 8.11. The number of pyridine rings is 1. The van der Waals surface area contributed by atoms with Gasteiger partial charge in [0.25, 0.3) is 0 Å². The first-order valence-corrected chi connectivity index (χ1v) is 17.3. The van der Waals surface area contributed by atoms with Gasteiger partial charge < -0.3 is 14.8 Å². The molecule has 10 heteroatoms. The van der Waals surface area contributed by atoms with Crippen LogP contribution in [0.5, 0.6) is 5.75 Å². The number of rotatable bonds is 9. The van der Waals surface area contributed by atoms with Crippen molar-refractivity contribution in [3.8, 4) is 5.75 Å².